The maximum absolute atomic E-state index is 13.2. The first-order valence-corrected chi connectivity index (χ1v) is 8.09. The summed E-state index contributed by atoms with van der Waals surface area (Å²) in [6.07, 6.45) is 1.60. The quantitative estimate of drug-likeness (QED) is 0.645. The summed E-state index contributed by atoms with van der Waals surface area (Å²) < 4.78 is 31.6. The van der Waals surface area contributed by atoms with Crippen LogP contribution in [-0.2, 0) is 11.2 Å². The van der Waals surface area contributed by atoms with Gasteiger partial charge < -0.3 is 15.0 Å². The van der Waals surface area contributed by atoms with Crippen LogP contribution >= 0.6 is 0 Å². The van der Waals surface area contributed by atoms with E-state index in [9.17, 15) is 8.78 Å². The average Bonchev–Trinajstić information content (AvgIpc) is 2.94. The van der Waals surface area contributed by atoms with Crippen molar-refractivity contribution in [3.8, 4) is 0 Å². The van der Waals surface area contributed by atoms with E-state index in [1.54, 1.807) is 7.11 Å². The molecule has 128 valence electrons. The molecule has 1 unspecified atom stereocenters. The molecule has 1 aliphatic heterocycles. The summed E-state index contributed by atoms with van der Waals surface area (Å²) in [5, 5.41) is 3.28. The number of rotatable bonds is 6. The predicted octanol–water partition coefficient (Wildman–Crippen LogP) is 2.44. The lowest BCUT2D eigenvalue weighted by atomic mass is 10.1. The van der Waals surface area contributed by atoms with Gasteiger partial charge in [-0.05, 0) is 37.5 Å². The van der Waals surface area contributed by atoms with Gasteiger partial charge in [-0.25, -0.2) is 8.78 Å². The summed E-state index contributed by atoms with van der Waals surface area (Å²) in [5.74, 6) is 0.305. The molecule has 1 fully saturated rings. The Kier molecular flexibility index (Phi) is 6.77. The fourth-order valence-electron chi connectivity index (χ4n) is 2.87. The standard InChI is InChI=1S/C17H25F2N3O/c1-3-20-17(22-7-5-14(11-22)12-23-2)21-6-4-13-8-15(18)10-16(19)9-13/h8-10,14H,3-7,11-12H2,1-2H3,(H,20,21). The molecule has 1 heterocycles. The van der Waals surface area contributed by atoms with Crippen molar-refractivity contribution in [3.63, 3.8) is 0 Å². The van der Waals surface area contributed by atoms with E-state index in [0.29, 0.717) is 24.4 Å². The Labute approximate surface area is 136 Å². The Morgan fingerprint density at radius 1 is 1.35 bits per heavy atom. The third kappa shape index (κ3) is 5.46. The van der Waals surface area contributed by atoms with Crippen LogP contribution in [0.15, 0.2) is 23.2 Å². The average molecular weight is 325 g/mol. The van der Waals surface area contributed by atoms with E-state index in [4.69, 9.17) is 4.74 Å². The Balaban J connectivity index is 1.93. The van der Waals surface area contributed by atoms with Gasteiger partial charge in [0.05, 0.1) is 6.61 Å². The molecule has 1 N–H and O–H groups in total. The third-order valence-corrected chi connectivity index (χ3v) is 3.91. The number of nitrogens with one attached hydrogen (secondary N) is 1. The molecule has 0 bridgehead atoms. The van der Waals surface area contributed by atoms with Gasteiger partial charge in [0.15, 0.2) is 5.96 Å². The highest BCUT2D eigenvalue weighted by molar-refractivity contribution is 5.80. The van der Waals surface area contributed by atoms with E-state index in [1.807, 2.05) is 6.92 Å². The van der Waals surface area contributed by atoms with Crippen molar-refractivity contribution in [2.24, 2.45) is 10.9 Å². The van der Waals surface area contributed by atoms with Gasteiger partial charge in [0.1, 0.15) is 11.6 Å². The lowest BCUT2D eigenvalue weighted by Crippen LogP contribution is -2.40. The van der Waals surface area contributed by atoms with Crippen LogP contribution in [0.3, 0.4) is 0 Å². The second kappa shape index (κ2) is 8.82. The summed E-state index contributed by atoms with van der Waals surface area (Å²) in [7, 11) is 1.72. The first-order chi connectivity index (χ1) is 11.1. The van der Waals surface area contributed by atoms with Crippen molar-refractivity contribution in [1.82, 2.24) is 10.2 Å². The number of halogens is 2. The van der Waals surface area contributed by atoms with Gasteiger partial charge >= 0.3 is 0 Å². The molecule has 0 aliphatic carbocycles. The minimum atomic E-state index is -0.544. The predicted molar refractivity (Wildman–Crippen MR) is 87.6 cm³/mol. The minimum Gasteiger partial charge on any atom is -0.384 e. The lowest BCUT2D eigenvalue weighted by molar-refractivity contribution is 0.157. The van der Waals surface area contributed by atoms with Crippen molar-refractivity contribution in [2.75, 3.05) is 39.9 Å². The zero-order valence-electron chi connectivity index (χ0n) is 13.8. The summed E-state index contributed by atoms with van der Waals surface area (Å²) >= 11 is 0. The molecule has 1 saturated heterocycles. The zero-order valence-corrected chi connectivity index (χ0v) is 13.8. The van der Waals surface area contributed by atoms with Crippen molar-refractivity contribution in [3.05, 3.63) is 35.4 Å². The maximum Gasteiger partial charge on any atom is 0.193 e. The van der Waals surface area contributed by atoms with E-state index < -0.39 is 11.6 Å². The summed E-state index contributed by atoms with van der Waals surface area (Å²) in [5.41, 5.74) is 0.626. The van der Waals surface area contributed by atoms with Crippen LogP contribution in [-0.4, -0.2) is 50.8 Å². The van der Waals surface area contributed by atoms with Crippen LogP contribution in [0.5, 0.6) is 0 Å². The molecule has 1 atom stereocenters. The van der Waals surface area contributed by atoms with E-state index in [-0.39, 0.29) is 0 Å². The number of hydrogen-bond acceptors (Lipinski definition) is 2. The summed E-state index contributed by atoms with van der Waals surface area (Å²) in [4.78, 5) is 6.81. The fraction of sp³-hybridized carbons (Fsp3) is 0.588. The van der Waals surface area contributed by atoms with Crippen LogP contribution < -0.4 is 5.32 Å². The number of ether oxygens (including phenoxy) is 1. The van der Waals surface area contributed by atoms with Gasteiger partial charge in [0.25, 0.3) is 0 Å². The molecule has 0 saturated carbocycles. The molecule has 23 heavy (non-hydrogen) atoms. The molecule has 4 nitrogen and oxygen atoms in total. The molecule has 1 aromatic carbocycles. The minimum absolute atomic E-state index is 0.497. The normalized spacial score (nSPS) is 18.5. The Hall–Kier alpha value is -1.69. The molecule has 0 radical (unpaired) electrons. The van der Waals surface area contributed by atoms with Crippen molar-refractivity contribution in [2.45, 2.75) is 19.8 Å². The van der Waals surface area contributed by atoms with Crippen molar-refractivity contribution < 1.29 is 13.5 Å². The number of nitrogens with zero attached hydrogens (tertiary/aromatic N) is 2. The molecule has 6 heteroatoms. The Morgan fingerprint density at radius 2 is 2.09 bits per heavy atom. The number of likely N-dealkylation sites (tertiary alicyclic amines) is 1. The molecule has 2 rings (SSSR count). The van der Waals surface area contributed by atoms with Crippen molar-refractivity contribution >= 4 is 5.96 Å². The summed E-state index contributed by atoms with van der Waals surface area (Å²) in [6.45, 7) is 5.96. The molecule has 0 spiro atoms. The molecule has 1 aliphatic rings. The third-order valence-electron chi connectivity index (χ3n) is 3.91. The molecule has 1 aromatic rings. The second-order valence-corrected chi connectivity index (χ2v) is 5.82. The van der Waals surface area contributed by atoms with Crippen molar-refractivity contribution in [1.29, 1.82) is 0 Å². The summed E-state index contributed by atoms with van der Waals surface area (Å²) in [6, 6.07) is 3.60. The van der Waals surface area contributed by atoms with Crippen LogP contribution in [0.1, 0.15) is 18.9 Å². The highest BCUT2D eigenvalue weighted by atomic mass is 19.1. The van der Waals surface area contributed by atoms with Gasteiger partial charge in [-0.2, -0.15) is 0 Å². The number of aliphatic imine (C=N–C) groups is 1. The first-order valence-electron chi connectivity index (χ1n) is 8.09. The van der Waals surface area contributed by atoms with Gasteiger partial charge in [-0.1, -0.05) is 0 Å². The van der Waals surface area contributed by atoms with Gasteiger partial charge in [0.2, 0.25) is 0 Å². The maximum atomic E-state index is 13.2. The number of benzene rings is 1. The molecular formula is C17H25F2N3O. The molecule has 0 amide bonds. The largest absolute Gasteiger partial charge is 0.384 e. The monoisotopic (exact) mass is 325 g/mol. The zero-order chi connectivity index (χ0) is 16.7. The van der Waals surface area contributed by atoms with Crippen LogP contribution in [0.25, 0.3) is 0 Å². The van der Waals surface area contributed by atoms with E-state index in [1.165, 1.54) is 12.1 Å². The van der Waals surface area contributed by atoms with Crippen LogP contribution in [0, 0.1) is 17.6 Å². The highest BCUT2D eigenvalue weighted by Gasteiger charge is 2.24. The second-order valence-electron chi connectivity index (χ2n) is 5.82. The number of guanidine groups is 1. The number of methoxy groups -OCH3 is 1. The van der Waals surface area contributed by atoms with E-state index in [0.717, 1.165) is 44.7 Å². The van der Waals surface area contributed by atoms with E-state index >= 15 is 0 Å². The molecule has 0 aromatic heterocycles. The van der Waals surface area contributed by atoms with Gasteiger partial charge in [0, 0.05) is 45.3 Å². The van der Waals surface area contributed by atoms with Crippen LogP contribution in [0.4, 0.5) is 8.78 Å². The highest BCUT2D eigenvalue weighted by Crippen LogP contribution is 2.16. The van der Waals surface area contributed by atoms with Crippen LogP contribution in [0.2, 0.25) is 0 Å². The van der Waals surface area contributed by atoms with Gasteiger partial charge in [-0.3, -0.25) is 4.99 Å². The first kappa shape index (κ1) is 17.7. The smallest absolute Gasteiger partial charge is 0.193 e. The SMILES string of the molecule is CCNC(=NCCc1cc(F)cc(F)c1)N1CCC(COC)C1. The fourth-order valence-corrected chi connectivity index (χ4v) is 2.87. The Bertz CT molecular complexity index is 516. The lowest BCUT2D eigenvalue weighted by Gasteiger charge is -2.21. The van der Waals surface area contributed by atoms with E-state index in [2.05, 4.69) is 15.2 Å². The Morgan fingerprint density at radius 3 is 2.74 bits per heavy atom. The topological polar surface area (TPSA) is 36.9 Å². The number of hydrogen-bond donors (Lipinski definition) is 1. The van der Waals surface area contributed by atoms with Gasteiger partial charge in [-0.15, -0.1) is 0 Å². The molecular weight excluding hydrogens is 300 g/mol.